The zero-order valence-electron chi connectivity index (χ0n) is 11.9. The highest BCUT2D eigenvalue weighted by Gasteiger charge is 2.24. The van der Waals surface area contributed by atoms with Gasteiger partial charge in [0.1, 0.15) is 0 Å². The van der Waals surface area contributed by atoms with E-state index in [0.29, 0.717) is 11.8 Å². The first-order valence-electron chi connectivity index (χ1n) is 7.90. The van der Waals surface area contributed by atoms with Gasteiger partial charge in [0.05, 0.1) is 5.75 Å². The van der Waals surface area contributed by atoms with E-state index in [2.05, 4.69) is 5.32 Å². The molecular formula is C14H28N2O2S. The molecule has 2 rings (SSSR count). The Morgan fingerprint density at radius 1 is 0.947 bits per heavy atom. The van der Waals surface area contributed by atoms with E-state index in [1.54, 1.807) is 4.31 Å². The summed E-state index contributed by atoms with van der Waals surface area (Å²) in [6.07, 6.45) is 10.1. The van der Waals surface area contributed by atoms with Crippen LogP contribution in [0.5, 0.6) is 0 Å². The van der Waals surface area contributed by atoms with Crippen LogP contribution in [0.4, 0.5) is 0 Å². The van der Waals surface area contributed by atoms with Gasteiger partial charge in [-0.2, -0.15) is 0 Å². The maximum Gasteiger partial charge on any atom is 0.214 e. The Balaban J connectivity index is 1.81. The van der Waals surface area contributed by atoms with E-state index < -0.39 is 10.0 Å². The SMILES string of the molecule is O=S(=O)(CCC1CCCCN1)N1CCCCCCC1. The average Bonchev–Trinajstić information content (AvgIpc) is 2.37. The summed E-state index contributed by atoms with van der Waals surface area (Å²) >= 11 is 0. The molecule has 2 fully saturated rings. The van der Waals surface area contributed by atoms with Gasteiger partial charge in [-0.3, -0.25) is 0 Å². The van der Waals surface area contributed by atoms with Crippen LogP contribution < -0.4 is 5.32 Å². The fourth-order valence-corrected chi connectivity index (χ4v) is 4.74. The Morgan fingerprint density at radius 3 is 2.26 bits per heavy atom. The largest absolute Gasteiger partial charge is 0.314 e. The van der Waals surface area contributed by atoms with Gasteiger partial charge < -0.3 is 5.32 Å². The first kappa shape index (κ1) is 15.3. The van der Waals surface area contributed by atoms with Crippen LogP contribution in [0.15, 0.2) is 0 Å². The van der Waals surface area contributed by atoms with E-state index in [4.69, 9.17) is 0 Å². The molecule has 0 radical (unpaired) electrons. The van der Waals surface area contributed by atoms with E-state index in [9.17, 15) is 8.42 Å². The second-order valence-corrected chi connectivity index (χ2v) is 8.01. The molecule has 0 aromatic heterocycles. The topological polar surface area (TPSA) is 49.4 Å². The van der Waals surface area contributed by atoms with Gasteiger partial charge in [-0.1, -0.05) is 25.7 Å². The van der Waals surface area contributed by atoms with Crippen molar-refractivity contribution in [3.63, 3.8) is 0 Å². The van der Waals surface area contributed by atoms with Crippen molar-refractivity contribution in [3.8, 4) is 0 Å². The fraction of sp³-hybridized carbons (Fsp3) is 1.00. The third-order valence-electron chi connectivity index (χ3n) is 4.35. The Morgan fingerprint density at radius 2 is 1.63 bits per heavy atom. The van der Waals surface area contributed by atoms with E-state index in [1.165, 1.54) is 32.1 Å². The van der Waals surface area contributed by atoms with Gasteiger partial charge in [0.25, 0.3) is 0 Å². The van der Waals surface area contributed by atoms with Gasteiger partial charge >= 0.3 is 0 Å². The summed E-state index contributed by atoms with van der Waals surface area (Å²) in [6.45, 7) is 2.52. The maximum atomic E-state index is 12.4. The van der Waals surface area contributed by atoms with E-state index in [-0.39, 0.29) is 0 Å². The van der Waals surface area contributed by atoms with E-state index >= 15 is 0 Å². The molecule has 0 aromatic carbocycles. The lowest BCUT2D eigenvalue weighted by Crippen LogP contribution is -2.39. The van der Waals surface area contributed by atoms with Gasteiger partial charge in [-0.15, -0.1) is 0 Å². The maximum absolute atomic E-state index is 12.4. The number of piperidine rings is 1. The Bertz CT molecular complexity index is 342. The summed E-state index contributed by atoms with van der Waals surface area (Å²) in [5.74, 6) is 0.324. The van der Waals surface area contributed by atoms with Crippen molar-refractivity contribution in [2.45, 2.75) is 63.8 Å². The summed E-state index contributed by atoms with van der Waals surface area (Å²) in [4.78, 5) is 0. The third kappa shape index (κ3) is 5.04. The minimum atomic E-state index is -3.03. The van der Waals surface area contributed by atoms with Gasteiger partial charge in [0.2, 0.25) is 10.0 Å². The molecule has 2 heterocycles. The van der Waals surface area contributed by atoms with Crippen LogP contribution in [0, 0.1) is 0 Å². The molecule has 19 heavy (non-hydrogen) atoms. The van der Waals surface area contributed by atoms with Crippen LogP contribution in [0.3, 0.4) is 0 Å². The number of hydrogen-bond donors (Lipinski definition) is 1. The monoisotopic (exact) mass is 288 g/mol. The quantitative estimate of drug-likeness (QED) is 0.862. The van der Waals surface area contributed by atoms with Gasteiger partial charge in [0, 0.05) is 19.1 Å². The number of rotatable bonds is 4. The lowest BCUT2D eigenvalue weighted by molar-refractivity contribution is 0.357. The minimum Gasteiger partial charge on any atom is -0.314 e. The van der Waals surface area contributed by atoms with Gasteiger partial charge in [-0.05, 0) is 38.6 Å². The summed E-state index contributed by atoms with van der Waals surface area (Å²) in [5, 5.41) is 3.43. The number of nitrogens with zero attached hydrogens (tertiary/aromatic N) is 1. The fourth-order valence-electron chi connectivity index (χ4n) is 3.09. The lowest BCUT2D eigenvalue weighted by Gasteiger charge is -2.27. The third-order valence-corrected chi connectivity index (χ3v) is 6.25. The van der Waals surface area contributed by atoms with Crippen LogP contribution in [0.2, 0.25) is 0 Å². The van der Waals surface area contributed by atoms with Crippen LogP contribution in [-0.4, -0.2) is 44.2 Å². The molecule has 0 aliphatic carbocycles. The summed E-state index contributed by atoms with van der Waals surface area (Å²) in [5.41, 5.74) is 0. The molecule has 0 saturated carbocycles. The molecule has 1 atom stereocenters. The Kier molecular flexibility index (Phi) is 6.10. The molecule has 1 N–H and O–H groups in total. The standard InChI is InChI=1S/C14H28N2O2S/c17-19(18,13-9-14-8-4-5-10-15-14)16-11-6-2-1-3-7-12-16/h14-15H,1-13H2. The van der Waals surface area contributed by atoms with Crippen LogP contribution in [0.25, 0.3) is 0 Å². The zero-order valence-corrected chi connectivity index (χ0v) is 12.8. The zero-order chi connectivity index (χ0) is 13.6. The first-order valence-corrected chi connectivity index (χ1v) is 9.50. The highest BCUT2D eigenvalue weighted by atomic mass is 32.2. The number of hydrogen-bond acceptors (Lipinski definition) is 3. The second-order valence-electron chi connectivity index (χ2n) is 5.92. The predicted molar refractivity (Wildman–Crippen MR) is 78.7 cm³/mol. The molecule has 112 valence electrons. The Hall–Kier alpha value is -0.130. The molecule has 0 amide bonds. The van der Waals surface area contributed by atoms with Crippen LogP contribution in [0.1, 0.15) is 57.8 Å². The molecule has 1 unspecified atom stereocenters. The van der Waals surface area contributed by atoms with Gasteiger partial charge in [-0.25, -0.2) is 12.7 Å². The van der Waals surface area contributed by atoms with Gasteiger partial charge in [0.15, 0.2) is 0 Å². The molecule has 2 aliphatic heterocycles. The molecule has 4 nitrogen and oxygen atoms in total. The van der Waals surface area contributed by atoms with E-state index in [1.807, 2.05) is 0 Å². The molecule has 2 saturated heterocycles. The highest BCUT2D eigenvalue weighted by molar-refractivity contribution is 7.89. The summed E-state index contributed by atoms with van der Waals surface area (Å²) in [6, 6.07) is 0.415. The van der Waals surface area contributed by atoms with Crippen LogP contribution >= 0.6 is 0 Å². The average molecular weight is 288 g/mol. The molecule has 2 aliphatic rings. The number of nitrogens with one attached hydrogen (secondary N) is 1. The summed E-state index contributed by atoms with van der Waals surface area (Å²) < 4.78 is 26.5. The molecule has 0 bridgehead atoms. The Labute approximate surface area is 118 Å². The minimum absolute atomic E-state index is 0.324. The number of sulfonamides is 1. The van der Waals surface area contributed by atoms with Crippen molar-refractivity contribution >= 4 is 10.0 Å². The first-order chi connectivity index (χ1) is 9.18. The predicted octanol–water partition coefficient (Wildman–Crippen LogP) is 2.11. The molecule has 5 heteroatoms. The lowest BCUT2D eigenvalue weighted by atomic mass is 10.0. The second kappa shape index (κ2) is 7.60. The van der Waals surface area contributed by atoms with Crippen molar-refractivity contribution in [3.05, 3.63) is 0 Å². The normalized spacial score (nSPS) is 27.7. The van der Waals surface area contributed by atoms with Crippen molar-refractivity contribution in [1.29, 1.82) is 0 Å². The molecule has 0 aromatic rings. The molecule has 0 spiro atoms. The van der Waals surface area contributed by atoms with Crippen molar-refractivity contribution < 1.29 is 8.42 Å². The smallest absolute Gasteiger partial charge is 0.214 e. The van der Waals surface area contributed by atoms with Crippen molar-refractivity contribution in [1.82, 2.24) is 9.62 Å². The molecular weight excluding hydrogens is 260 g/mol. The van der Waals surface area contributed by atoms with Crippen molar-refractivity contribution in [2.75, 3.05) is 25.4 Å². The highest BCUT2D eigenvalue weighted by Crippen LogP contribution is 2.16. The van der Waals surface area contributed by atoms with E-state index in [0.717, 1.165) is 45.3 Å². The summed E-state index contributed by atoms with van der Waals surface area (Å²) in [7, 11) is -3.03. The van der Waals surface area contributed by atoms with Crippen molar-refractivity contribution in [2.24, 2.45) is 0 Å². The van der Waals surface area contributed by atoms with Crippen LogP contribution in [-0.2, 0) is 10.0 Å².